The van der Waals surface area contributed by atoms with Crippen LogP contribution >= 0.6 is 0 Å². The van der Waals surface area contributed by atoms with Crippen LogP contribution in [0.25, 0.3) is 0 Å². The smallest absolute Gasteiger partial charge is 0.220 e. The quantitative estimate of drug-likeness (QED) is 0.712. The van der Waals surface area contributed by atoms with Crippen LogP contribution in [0.15, 0.2) is 0 Å². The van der Waals surface area contributed by atoms with Crippen molar-refractivity contribution in [3.05, 3.63) is 0 Å². The first-order valence-electron chi connectivity index (χ1n) is 6.63. The fraction of sp³-hybridized carbons (Fsp3) is 0.923. The third kappa shape index (κ3) is 6.03. The maximum atomic E-state index is 11.7. The number of hydrogen-bond donors (Lipinski definition) is 2. The SMILES string of the molecule is CC(C)CC(CO)NC(=O)CCC1CCCO1. The average molecular weight is 243 g/mol. The molecule has 17 heavy (non-hydrogen) atoms. The highest BCUT2D eigenvalue weighted by Crippen LogP contribution is 2.16. The zero-order valence-corrected chi connectivity index (χ0v) is 10.9. The highest BCUT2D eigenvalue weighted by Gasteiger charge is 2.18. The predicted octanol–water partition coefficient (Wildman–Crippen LogP) is 1.47. The van der Waals surface area contributed by atoms with Gasteiger partial charge in [0.1, 0.15) is 0 Å². The molecule has 1 fully saturated rings. The van der Waals surface area contributed by atoms with Gasteiger partial charge in [0, 0.05) is 13.0 Å². The van der Waals surface area contributed by atoms with Crippen LogP contribution in [0.1, 0.15) is 46.0 Å². The van der Waals surface area contributed by atoms with E-state index in [2.05, 4.69) is 19.2 Å². The number of aliphatic hydroxyl groups is 1. The summed E-state index contributed by atoms with van der Waals surface area (Å²) in [5.41, 5.74) is 0. The van der Waals surface area contributed by atoms with Gasteiger partial charge in [-0.15, -0.1) is 0 Å². The summed E-state index contributed by atoms with van der Waals surface area (Å²) in [6.07, 6.45) is 4.56. The van der Waals surface area contributed by atoms with Crippen molar-refractivity contribution in [2.75, 3.05) is 13.2 Å². The Bertz CT molecular complexity index is 225. The molecular formula is C13H25NO3. The molecule has 1 aliphatic heterocycles. The van der Waals surface area contributed by atoms with E-state index in [0.717, 1.165) is 32.3 Å². The Hall–Kier alpha value is -0.610. The van der Waals surface area contributed by atoms with Crippen molar-refractivity contribution >= 4 is 5.91 Å². The normalized spacial score (nSPS) is 21.8. The predicted molar refractivity (Wildman–Crippen MR) is 66.7 cm³/mol. The Morgan fingerprint density at radius 3 is 2.82 bits per heavy atom. The van der Waals surface area contributed by atoms with Crippen LogP contribution in [0.4, 0.5) is 0 Å². The van der Waals surface area contributed by atoms with Crippen molar-refractivity contribution in [2.24, 2.45) is 5.92 Å². The topological polar surface area (TPSA) is 58.6 Å². The number of carbonyl (C=O) groups is 1. The van der Waals surface area contributed by atoms with Crippen molar-refractivity contribution in [2.45, 2.75) is 58.1 Å². The fourth-order valence-electron chi connectivity index (χ4n) is 2.21. The van der Waals surface area contributed by atoms with Crippen LogP contribution in [-0.4, -0.2) is 36.4 Å². The van der Waals surface area contributed by atoms with E-state index in [1.807, 2.05) is 0 Å². The number of hydrogen-bond acceptors (Lipinski definition) is 3. The Kier molecular flexibility index (Phi) is 6.52. The number of carbonyl (C=O) groups excluding carboxylic acids is 1. The first-order chi connectivity index (χ1) is 8.11. The molecule has 0 radical (unpaired) electrons. The summed E-state index contributed by atoms with van der Waals surface area (Å²) in [6, 6.07) is -0.105. The van der Waals surface area contributed by atoms with E-state index < -0.39 is 0 Å². The minimum absolute atomic E-state index is 0.0177. The second kappa shape index (κ2) is 7.67. The Labute approximate surface area is 104 Å². The van der Waals surface area contributed by atoms with Gasteiger partial charge in [0.2, 0.25) is 5.91 Å². The van der Waals surface area contributed by atoms with Gasteiger partial charge >= 0.3 is 0 Å². The molecule has 2 unspecified atom stereocenters. The first-order valence-corrected chi connectivity index (χ1v) is 6.63. The summed E-state index contributed by atoms with van der Waals surface area (Å²) < 4.78 is 5.47. The van der Waals surface area contributed by atoms with E-state index in [-0.39, 0.29) is 24.7 Å². The van der Waals surface area contributed by atoms with Crippen LogP contribution in [0, 0.1) is 5.92 Å². The summed E-state index contributed by atoms with van der Waals surface area (Å²) in [5.74, 6) is 0.505. The molecule has 100 valence electrons. The van der Waals surface area contributed by atoms with Crippen molar-refractivity contribution in [1.82, 2.24) is 5.32 Å². The summed E-state index contributed by atoms with van der Waals surface area (Å²) in [7, 11) is 0. The van der Waals surface area contributed by atoms with E-state index in [4.69, 9.17) is 9.84 Å². The van der Waals surface area contributed by atoms with Gasteiger partial charge in [0.25, 0.3) is 0 Å². The second-order valence-electron chi connectivity index (χ2n) is 5.25. The Morgan fingerprint density at radius 2 is 2.29 bits per heavy atom. The highest BCUT2D eigenvalue weighted by molar-refractivity contribution is 5.76. The van der Waals surface area contributed by atoms with E-state index >= 15 is 0 Å². The van der Waals surface area contributed by atoms with E-state index in [1.54, 1.807) is 0 Å². The van der Waals surface area contributed by atoms with Crippen molar-refractivity contribution < 1.29 is 14.6 Å². The van der Waals surface area contributed by atoms with Crippen LogP contribution in [0.3, 0.4) is 0 Å². The molecule has 0 aromatic rings. The van der Waals surface area contributed by atoms with E-state index in [0.29, 0.717) is 12.3 Å². The largest absolute Gasteiger partial charge is 0.394 e. The zero-order valence-electron chi connectivity index (χ0n) is 10.9. The van der Waals surface area contributed by atoms with E-state index in [1.165, 1.54) is 0 Å². The molecule has 2 N–H and O–H groups in total. The lowest BCUT2D eigenvalue weighted by Crippen LogP contribution is -2.38. The Balaban J connectivity index is 2.17. The zero-order chi connectivity index (χ0) is 12.7. The molecule has 4 nitrogen and oxygen atoms in total. The molecule has 1 saturated heterocycles. The van der Waals surface area contributed by atoms with Gasteiger partial charge in [0.05, 0.1) is 18.8 Å². The summed E-state index contributed by atoms with van der Waals surface area (Å²) in [6.45, 7) is 5.02. The number of aliphatic hydroxyl groups excluding tert-OH is 1. The average Bonchev–Trinajstić information content (AvgIpc) is 2.77. The van der Waals surface area contributed by atoms with Gasteiger partial charge < -0.3 is 15.2 Å². The first kappa shape index (κ1) is 14.5. The maximum Gasteiger partial charge on any atom is 0.220 e. The standard InChI is InChI=1S/C13H25NO3/c1-10(2)8-11(9-15)14-13(16)6-5-12-4-3-7-17-12/h10-12,15H,3-9H2,1-2H3,(H,14,16). The minimum atomic E-state index is -0.105. The fourth-order valence-corrected chi connectivity index (χ4v) is 2.21. The van der Waals surface area contributed by atoms with Crippen LogP contribution in [-0.2, 0) is 9.53 Å². The summed E-state index contributed by atoms with van der Waals surface area (Å²) >= 11 is 0. The van der Waals surface area contributed by atoms with Crippen LogP contribution in [0.5, 0.6) is 0 Å². The third-order valence-electron chi connectivity index (χ3n) is 3.06. The van der Waals surface area contributed by atoms with Gasteiger partial charge in [-0.25, -0.2) is 0 Å². The van der Waals surface area contributed by atoms with E-state index in [9.17, 15) is 4.79 Å². The van der Waals surface area contributed by atoms with Gasteiger partial charge in [-0.3, -0.25) is 4.79 Å². The molecule has 0 aromatic carbocycles. The van der Waals surface area contributed by atoms with Gasteiger partial charge in [0.15, 0.2) is 0 Å². The number of nitrogens with one attached hydrogen (secondary N) is 1. The molecule has 0 aliphatic carbocycles. The molecule has 0 saturated carbocycles. The lowest BCUT2D eigenvalue weighted by atomic mass is 10.0. The molecule has 0 spiro atoms. The molecule has 1 heterocycles. The van der Waals surface area contributed by atoms with Crippen molar-refractivity contribution in [3.63, 3.8) is 0 Å². The third-order valence-corrected chi connectivity index (χ3v) is 3.06. The maximum absolute atomic E-state index is 11.7. The molecule has 0 aromatic heterocycles. The molecule has 2 atom stereocenters. The van der Waals surface area contributed by atoms with Gasteiger partial charge in [-0.1, -0.05) is 13.8 Å². The molecule has 0 bridgehead atoms. The molecule has 1 aliphatic rings. The lowest BCUT2D eigenvalue weighted by Gasteiger charge is -2.18. The molecule has 1 amide bonds. The minimum Gasteiger partial charge on any atom is -0.394 e. The van der Waals surface area contributed by atoms with Gasteiger partial charge in [-0.05, 0) is 31.6 Å². The van der Waals surface area contributed by atoms with Crippen LogP contribution < -0.4 is 5.32 Å². The second-order valence-corrected chi connectivity index (χ2v) is 5.25. The monoisotopic (exact) mass is 243 g/mol. The molecule has 4 heteroatoms. The van der Waals surface area contributed by atoms with Gasteiger partial charge in [-0.2, -0.15) is 0 Å². The number of amides is 1. The molecular weight excluding hydrogens is 218 g/mol. The number of rotatable bonds is 7. The highest BCUT2D eigenvalue weighted by atomic mass is 16.5. The van der Waals surface area contributed by atoms with Crippen molar-refractivity contribution in [1.29, 1.82) is 0 Å². The van der Waals surface area contributed by atoms with Crippen molar-refractivity contribution in [3.8, 4) is 0 Å². The summed E-state index contributed by atoms with van der Waals surface area (Å²) in [5, 5.41) is 12.0. The summed E-state index contributed by atoms with van der Waals surface area (Å²) in [4.78, 5) is 11.7. The lowest BCUT2D eigenvalue weighted by molar-refractivity contribution is -0.122. The number of ether oxygens (including phenoxy) is 1. The Morgan fingerprint density at radius 1 is 1.53 bits per heavy atom. The van der Waals surface area contributed by atoms with Crippen LogP contribution in [0.2, 0.25) is 0 Å². The molecule has 1 rings (SSSR count).